The van der Waals surface area contributed by atoms with Crippen LogP contribution in [0.1, 0.15) is 43.7 Å². The molecule has 21 heavy (non-hydrogen) atoms. The van der Waals surface area contributed by atoms with Crippen LogP contribution in [-0.2, 0) is 16.0 Å². The van der Waals surface area contributed by atoms with Crippen molar-refractivity contribution in [3.63, 3.8) is 0 Å². The predicted octanol–water partition coefficient (Wildman–Crippen LogP) is 3.39. The van der Waals surface area contributed by atoms with E-state index in [1.54, 1.807) is 0 Å². The van der Waals surface area contributed by atoms with E-state index in [2.05, 4.69) is 43.0 Å². The van der Waals surface area contributed by atoms with Crippen molar-refractivity contribution in [2.75, 3.05) is 26.3 Å². The molecule has 3 heteroatoms. The Bertz CT molecular complexity index is 429. The lowest BCUT2D eigenvalue weighted by Gasteiger charge is -2.33. The smallest absolute Gasteiger partial charge is 0.160 e. The first-order valence-corrected chi connectivity index (χ1v) is 8.27. The average Bonchev–Trinajstić information content (AvgIpc) is 3.03. The minimum atomic E-state index is 0.0671. The molecule has 3 rings (SSSR count). The first-order valence-electron chi connectivity index (χ1n) is 8.27. The lowest BCUT2D eigenvalue weighted by Crippen LogP contribution is -2.37. The lowest BCUT2D eigenvalue weighted by atomic mass is 9.95. The Morgan fingerprint density at radius 2 is 1.67 bits per heavy atom. The highest BCUT2D eigenvalue weighted by Crippen LogP contribution is 2.26. The van der Waals surface area contributed by atoms with Crippen LogP contribution in [0.5, 0.6) is 0 Å². The molecule has 0 atom stereocenters. The van der Waals surface area contributed by atoms with Crippen molar-refractivity contribution in [1.82, 2.24) is 4.90 Å². The van der Waals surface area contributed by atoms with E-state index >= 15 is 0 Å². The molecule has 0 amide bonds. The molecule has 2 saturated heterocycles. The Hall–Kier alpha value is -0.900. The van der Waals surface area contributed by atoms with Gasteiger partial charge < -0.3 is 9.47 Å². The Morgan fingerprint density at radius 1 is 1.05 bits per heavy atom. The van der Waals surface area contributed by atoms with Crippen LogP contribution >= 0.6 is 0 Å². The van der Waals surface area contributed by atoms with Gasteiger partial charge >= 0.3 is 0 Å². The molecule has 2 aliphatic heterocycles. The lowest BCUT2D eigenvalue weighted by molar-refractivity contribution is -0.0977. The molecule has 2 aliphatic rings. The third-order valence-electron chi connectivity index (χ3n) is 4.72. The zero-order valence-corrected chi connectivity index (χ0v) is 13.3. The van der Waals surface area contributed by atoms with Crippen molar-refractivity contribution in [2.24, 2.45) is 5.92 Å². The second kappa shape index (κ2) is 6.91. The van der Waals surface area contributed by atoms with E-state index in [9.17, 15) is 0 Å². The van der Waals surface area contributed by atoms with Crippen LogP contribution in [0.2, 0.25) is 0 Å². The van der Waals surface area contributed by atoms with Crippen molar-refractivity contribution in [2.45, 2.75) is 45.4 Å². The summed E-state index contributed by atoms with van der Waals surface area (Å²) in [5, 5.41) is 0. The highest BCUT2D eigenvalue weighted by molar-refractivity contribution is 5.24. The largest absolute Gasteiger partial charge is 0.350 e. The number of ether oxygens (including phenoxy) is 2. The molecular formula is C18H27NO2. The summed E-state index contributed by atoms with van der Waals surface area (Å²) in [6.07, 6.45) is 2.45. The Labute approximate surface area is 128 Å². The molecule has 0 radical (unpaired) electrons. The number of hydrogen-bond donors (Lipinski definition) is 0. The topological polar surface area (TPSA) is 21.7 Å². The molecule has 0 bridgehead atoms. The van der Waals surface area contributed by atoms with Crippen LogP contribution in [0, 0.1) is 5.92 Å². The number of rotatable bonds is 4. The highest BCUT2D eigenvalue weighted by atomic mass is 16.7. The van der Waals surface area contributed by atoms with E-state index in [1.807, 2.05) is 0 Å². The van der Waals surface area contributed by atoms with Gasteiger partial charge in [-0.25, -0.2) is 0 Å². The Balaban J connectivity index is 1.48. The molecule has 0 N–H and O–H groups in total. The standard InChI is InChI=1S/C18H27NO2/c1-14(2)16-5-3-15(4-6-16)13-19-9-7-17(8-10-19)18-20-11-12-21-18/h3-6,14,17-18H,7-13H2,1-2H3. The first kappa shape index (κ1) is 15.0. The summed E-state index contributed by atoms with van der Waals surface area (Å²) in [7, 11) is 0. The van der Waals surface area contributed by atoms with Gasteiger partial charge in [-0.2, -0.15) is 0 Å². The maximum absolute atomic E-state index is 5.64. The third kappa shape index (κ3) is 3.85. The molecule has 2 fully saturated rings. The molecule has 1 aromatic rings. The minimum absolute atomic E-state index is 0.0671. The van der Waals surface area contributed by atoms with Gasteiger partial charge in [0, 0.05) is 12.5 Å². The maximum atomic E-state index is 5.64. The summed E-state index contributed by atoms with van der Waals surface area (Å²) in [6, 6.07) is 9.11. The summed E-state index contributed by atoms with van der Waals surface area (Å²) in [6.45, 7) is 9.40. The molecule has 0 spiro atoms. The Morgan fingerprint density at radius 3 is 2.24 bits per heavy atom. The fourth-order valence-corrected chi connectivity index (χ4v) is 3.30. The monoisotopic (exact) mass is 289 g/mol. The van der Waals surface area contributed by atoms with Crippen LogP contribution < -0.4 is 0 Å². The number of benzene rings is 1. The Kier molecular flexibility index (Phi) is 4.94. The second-order valence-corrected chi connectivity index (χ2v) is 6.62. The summed E-state index contributed by atoms with van der Waals surface area (Å²) in [5.41, 5.74) is 2.85. The first-order chi connectivity index (χ1) is 10.2. The van der Waals surface area contributed by atoms with E-state index in [0.717, 1.165) is 32.8 Å². The maximum Gasteiger partial charge on any atom is 0.160 e. The fraction of sp³-hybridized carbons (Fsp3) is 0.667. The summed E-state index contributed by atoms with van der Waals surface area (Å²) in [4.78, 5) is 2.55. The zero-order valence-electron chi connectivity index (χ0n) is 13.3. The van der Waals surface area contributed by atoms with Gasteiger partial charge in [-0.1, -0.05) is 38.1 Å². The number of nitrogens with zero attached hydrogens (tertiary/aromatic N) is 1. The van der Waals surface area contributed by atoms with Crippen molar-refractivity contribution in [1.29, 1.82) is 0 Å². The van der Waals surface area contributed by atoms with Crippen molar-refractivity contribution in [3.05, 3.63) is 35.4 Å². The summed E-state index contributed by atoms with van der Waals surface area (Å²) in [5.74, 6) is 1.20. The molecular weight excluding hydrogens is 262 g/mol. The summed E-state index contributed by atoms with van der Waals surface area (Å²) < 4.78 is 11.3. The molecule has 0 aliphatic carbocycles. The second-order valence-electron chi connectivity index (χ2n) is 6.62. The van der Waals surface area contributed by atoms with Crippen molar-refractivity contribution >= 4 is 0 Å². The van der Waals surface area contributed by atoms with E-state index in [-0.39, 0.29) is 6.29 Å². The molecule has 0 saturated carbocycles. The van der Waals surface area contributed by atoms with E-state index in [4.69, 9.17) is 9.47 Å². The van der Waals surface area contributed by atoms with Crippen LogP contribution in [0.25, 0.3) is 0 Å². The van der Waals surface area contributed by atoms with Gasteiger partial charge in [-0.05, 0) is 43.0 Å². The number of piperidine rings is 1. The minimum Gasteiger partial charge on any atom is -0.350 e. The van der Waals surface area contributed by atoms with E-state index < -0.39 is 0 Å². The van der Waals surface area contributed by atoms with Gasteiger partial charge in [0.25, 0.3) is 0 Å². The van der Waals surface area contributed by atoms with Gasteiger partial charge in [0.15, 0.2) is 6.29 Å². The quantitative estimate of drug-likeness (QED) is 0.848. The molecule has 116 valence electrons. The van der Waals surface area contributed by atoms with Gasteiger partial charge in [0.05, 0.1) is 13.2 Å². The number of hydrogen-bond acceptors (Lipinski definition) is 3. The zero-order chi connectivity index (χ0) is 14.7. The molecule has 0 aromatic heterocycles. The molecule has 2 heterocycles. The molecule has 1 aromatic carbocycles. The van der Waals surface area contributed by atoms with Crippen LogP contribution in [0.3, 0.4) is 0 Å². The van der Waals surface area contributed by atoms with Crippen molar-refractivity contribution in [3.8, 4) is 0 Å². The van der Waals surface area contributed by atoms with E-state index in [0.29, 0.717) is 11.8 Å². The van der Waals surface area contributed by atoms with Crippen LogP contribution in [0.15, 0.2) is 24.3 Å². The highest BCUT2D eigenvalue weighted by Gasteiger charge is 2.30. The van der Waals surface area contributed by atoms with E-state index in [1.165, 1.54) is 24.0 Å². The van der Waals surface area contributed by atoms with Gasteiger partial charge in [-0.15, -0.1) is 0 Å². The van der Waals surface area contributed by atoms with Crippen LogP contribution in [0.4, 0.5) is 0 Å². The molecule has 0 unspecified atom stereocenters. The number of likely N-dealkylation sites (tertiary alicyclic amines) is 1. The van der Waals surface area contributed by atoms with Gasteiger partial charge in [0.2, 0.25) is 0 Å². The average molecular weight is 289 g/mol. The third-order valence-corrected chi connectivity index (χ3v) is 4.72. The van der Waals surface area contributed by atoms with Crippen molar-refractivity contribution < 1.29 is 9.47 Å². The predicted molar refractivity (Wildman–Crippen MR) is 84.2 cm³/mol. The fourth-order valence-electron chi connectivity index (χ4n) is 3.30. The molecule has 3 nitrogen and oxygen atoms in total. The normalized spacial score (nSPS) is 22.2. The van der Waals surface area contributed by atoms with Gasteiger partial charge in [-0.3, -0.25) is 4.90 Å². The van der Waals surface area contributed by atoms with Gasteiger partial charge in [0.1, 0.15) is 0 Å². The summed E-state index contributed by atoms with van der Waals surface area (Å²) >= 11 is 0. The SMILES string of the molecule is CC(C)c1ccc(CN2CCC(C3OCCO3)CC2)cc1. The van der Waals surface area contributed by atoms with Crippen LogP contribution in [-0.4, -0.2) is 37.5 Å².